The van der Waals surface area contributed by atoms with Crippen LogP contribution in [0.2, 0.25) is 0 Å². The summed E-state index contributed by atoms with van der Waals surface area (Å²) in [6, 6.07) is 6.47. The average Bonchev–Trinajstić information content (AvgIpc) is 2.77. The van der Waals surface area contributed by atoms with Gasteiger partial charge < -0.3 is 29.0 Å². The van der Waals surface area contributed by atoms with Crippen molar-refractivity contribution in [2.75, 3.05) is 66.0 Å². The predicted octanol–water partition coefficient (Wildman–Crippen LogP) is 3.07. The first-order valence-corrected chi connectivity index (χ1v) is 13.2. The van der Waals surface area contributed by atoms with Gasteiger partial charge in [0.15, 0.2) is 0 Å². The molecule has 1 amide bonds. The van der Waals surface area contributed by atoms with Crippen LogP contribution in [0.1, 0.15) is 39.2 Å². The van der Waals surface area contributed by atoms with Crippen LogP contribution in [0.15, 0.2) is 29.2 Å². The molecule has 0 aliphatic heterocycles. The van der Waals surface area contributed by atoms with Crippen molar-refractivity contribution in [2.45, 2.75) is 51.0 Å². The fourth-order valence-corrected chi connectivity index (χ4v) is 3.46. The standard InChI is InChI=1S/C24H41NO9S/c1-21-7-9-22(10-8-21)35(27,28)33-20-19-32-18-17-31-16-15-30-14-13-29-12-6-5-11-25-23(26)34-24(2,3)4/h7-10H,5-6,11-20H2,1-4H3,(H,25,26). The van der Waals surface area contributed by atoms with Crippen molar-refractivity contribution < 1.29 is 41.1 Å². The summed E-state index contributed by atoms with van der Waals surface area (Å²) < 4.78 is 55.7. The number of alkyl carbamates (subject to hydrolysis) is 1. The number of amides is 1. The van der Waals surface area contributed by atoms with Gasteiger partial charge >= 0.3 is 6.09 Å². The Morgan fingerprint density at radius 1 is 0.771 bits per heavy atom. The van der Waals surface area contributed by atoms with Crippen molar-refractivity contribution in [1.82, 2.24) is 5.32 Å². The van der Waals surface area contributed by atoms with E-state index in [0.717, 1.165) is 18.4 Å². The Labute approximate surface area is 209 Å². The maximum Gasteiger partial charge on any atom is 0.407 e. The van der Waals surface area contributed by atoms with Crippen molar-refractivity contribution >= 4 is 16.2 Å². The number of carbonyl (C=O) groups excluding carboxylic acids is 1. The first kappa shape index (κ1) is 31.3. The molecule has 11 heteroatoms. The molecular formula is C24H41NO9S. The Bertz CT molecular complexity index is 792. The zero-order valence-corrected chi connectivity index (χ0v) is 22.2. The molecule has 0 heterocycles. The van der Waals surface area contributed by atoms with Gasteiger partial charge in [-0.05, 0) is 52.7 Å². The molecule has 0 aliphatic rings. The van der Waals surface area contributed by atoms with E-state index in [4.69, 9.17) is 27.9 Å². The minimum absolute atomic E-state index is 0.0560. The molecule has 0 fully saturated rings. The van der Waals surface area contributed by atoms with E-state index < -0.39 is 21.8 Å². The summed E-state index contributed by atoms with van der Waals surface area (Å²) in [7, 11) is -3.76. The van der Waals surface area contributed by atoms with Crippen LogP contribution in [-0.4, -0.2) is 86.1 Å². The summed E-state index contributed by atoms with van der Waals surface area (Å²) in [6.45, 7) is 11.2. The SMILES string of the molecule is Cc1ccc(S(=O)(=O)OCCOCCOCCOCCOCCCCNC(=O)OC(C)(C)C)cc1. The molecule has 0 saturated carbocycles. The van der Waals surface area contributed by atoms with Crippen LogP contribution in [0, 0.1) is 6.92 Å². The molecule has 35 heavy (non-hydrogen) atoms. The molecule has 202 valence electrons. The summed E-state index contributed by atoms with van der Waals surface area (Å²) >= 11 is 0. The van der Waals surface area contributed by atoms with E-state index in [2.05, 4.69) is 5.32 Å². The van der Waals surface area contributed by atoms with Gasteiger partial charge in [-0.1, -0.05) is 17.7 Å². The Hall–Kier alpha value is -1.76. The smallest absolute Gasteiger partial charge is 0.407 e. The van der Waals surface area contributed by atoms with Crippen LogP contribution in [0.4, 0.5) is 4.79 Å². The lowest BCUT2D eigenvalue weighted by Crippen LogP contribution is -2.33. The molecular weight excluding hydrogens is 478 g/mol. The molecule has 0 bridgehead atoms. The number of carbonyl (C=O) groups is 1. The molecule has 0 unspecified atom stereocenters. The molecule has 0 spiro atoms. The van der Waals surface area contributed by atoms with Crippen LogP contribution in [0.3, 0.4) is 0 Å². The summed E-state index contributed by atoms with van der Waals surface area (Å²) in [6.07, 6.45) is 1.24. The molecule has 1 rings (SSSR count). The van der Waals surface area contributed by atoms with E-state index in [1.165, 1.54) is 12.1 Å². The predicted molar refractivity (Wildman–Crippen MR) is 131 cm³/mol. The third kappa shape index (κ3) is 17.3. The molecule has 0 saturated heterocycles. The molecule has 0 aliphatic carbocycles. The fraction of sp³-hybridized carbons (Fsp3) is 0.708. The largest absolute Gasteiger partial charge is 0.444 e. The van der Waals surface area contributed by atoms with E-state index in [0.29, 0.717) is 52.8 Å². The number of unbranched alkanes of at least 4 members (excludes halogenated alkanes) is 1. The van der Waals surface area contributed by atoms with E-state index in [-0.39, 0.29) is 18.1 Å². The number of ether oxygens (including phenoxy) is 5. The number of benzene rings is 1. The maximum absolute atomic E-state index is 12.0. The summed E-state index contributed by atoms with van der Waals surface area (Å²) in [5.41, 5.74) is 0.487. The number of hydrogen-bond donors (Lipinski definition) is 1. The zero-order valence-electron chi connectivity index (χ0n) is 21.4. The summed E-state index contributed by atoms with van der Waals surface area (Å²) in [4.78, 5) is 11.6. The van der Waals surface area contributed by atoms with Crippen LogP contribution in [-0.2, 0) is 38.0 Å². The van der Waals surface area contributed by atoms with E-state index in [9.17, 15) is 13.2 Å². The molecule has 1 N–H and O–H groups in total. The third-order valence-electron chi connectivity index (χ3n) is 4.28. The highest BCUT2D eigenvalue weighted by Gasteiger charge is 2.15. The zero-order chi connectivity index (χ0) is 26.0. The summed E-state index contributed by atoms with van der Waals surface area (Å²) in [5.74, 6) is 0. The second-order valence-corrected chi connectivity index (χ2v) is 10.3. The van der Waals surface area contributed by atoms with Crippen molar-refractivity contribution in [1.29, 1.82) is 0 Å². The van der Waals surface area contributed by atoms with Crippen LogP contribution in [0.25, 0.3) is 0 Å². The number of rotatable bonds is 19. The lowest BCUT2D eigenvalue weighted by molar-refractivity contribution is -0.00467. The number of hydrogen-bond acceptors (Lipinski definition) is 9. The highest BCUT2D eigenvalue weighted by molar-refractivity contribution is 7.86. The van der Waals surface area contributed by atoms with Crippen molar-refractivity contribution in [3.8, 4) is 0 Å². The van der Waals surface area contributed by atoms with Crippen molar-refractivity contribution in [2.24, 2.45) is 0 Å². The topological polar surface area (TPSA) is 119 Å². The van der Waals surface area contributed by atoms with Gasteiger partial charge in [-0.3, -0.25) is 4.18 Å². The van der Waals surface area contributed by atoms with E-state index in [1.807, 2.05) is 27.7 Å². The molecule has 0 radical (unpaired) electrons. The molecule has 10 nitrogen and oxygen atoms in total. The minimum atomic E-state index is -3.76. The normalized spacial score (nSPS) is 12.0. The van der Waals surface area contributed by atoms with Gasteiger partial charge in [0.05, 0.1) is 57.8 Å². The Morgan fingerprint density at radius 3 is 1.77 bits per heavy atom. The second kappa shape index (κ2) is 17.6. The first-order chi connectivity index (χ1) is 16.6. The van der Waals surface area contributed by atoms with Gasteiger partial charge in [-0.2, -0.15) is 8.42 Å². The molecule has 0 atom stereocenters. The second-order valence-electron chi connectivity index (χ2n) is 8.67. The van der Waals surface area contributed by atoms with Crippen LogP contribution >= 0.6 is 0 Å². The Kier molecular flexibility index (Phi) is 15.8. The molecule has 1 aromatic carbocycles. The number of nitrogens with one attached hydrogen (secondary N) is 1. The van der Waals surface area contributed by atoms with Gasteiger partial charge in [0, 0.05) is 13.2 Å². The van der Waals surface area contributed by atoms with Crippen molar-refractivity contribution in [3.05, 3.63) is 29.8 Å². The average molecular weight is 520 g/mol. The monoisotopic (exact) mass is 519 g/mol. The minimum Gasteiger partial charge on any atom is -0.444 e. The molecule has 0 aromatic heterocycles. The highest BCUT2D eigenvalue weighted by Crippen LogP contribution is 2.13. The fourth-order valence-electron chi connectivity index (χ4n) is 2.57. The highest BCUT2D eigenvalue weighted by atomic mass is 32.2. The van der Waals surface area contributed by atoms with Gasteiger partial charge in [-0.25, -0.2) is 4.79 Å². The third-order valence-corrected chi connectivity index (χ3v) is 5.60. The van der Waals surface area contributed by atoms with Gasteiger partial charge in [0.25, 0.3) is 10.1 Å². The maximum atomic E-state index is 12.0. The van der Waals surface area contributed by atoms with Crippen molar-refractivity contribution in [3.63, 3.8) is 0 Å². The quantitative estimate of drug-likeness (QED) is 0.217. The van der Waals surface area contributed by atoms with Crippen LogP contribution in [0.5, 0.6) is 0 Å². The Morgan fingerprint density at radius 2 is 1.26 bits per heavy atom. The first-order valence-electron chi connectivity index (χ1n) is 11.8. The summed E-state index contributed by atoms with van der Waals surface area (Å²) in [5, 5.41) is 2.71. The van der Waals surface area contributed by atoms with Gasteiger partial charge in [0.2, 0.25) is 0 Å². The van der Waals surface area contributed by atoms with Gasteiger partial charge in [0.1, 0.15) is 5.60 Å². The Balaban J connectivity index is 1.82. The lowest BCUT2D eigenvalue weighted by Gasteiger charge is -2.19. The lowest BCUT2D eigenvalue weighted by atomic mass is 10.2. The molecule has 1 aromatic rings. The van der Waals surface area contributed by atoms with E-state index >= 15 is 0 Å². The number of aryl methyl sites for hydroxylation is 1. The van der Waals surface area contributed by atoms with Gasteiger partial charge in [-0.15, -0.1) is 0 Å². The van der Waals surface area contributed by atoms with E-state index in [1.54, 1.807) is 12.1 Å². The van der Waals surface area contributed by atoms with Crippen LogP contribution < -0.4 is 5.32 Å².